The Hall–Kier alpha value is -3.40. The molecule has 2 aromatic heterocycles. The topological polar surface area (TPSA) is 103 Å². The van der Waals surface area contributed by atoms with E-state index in [1.807, 2.05) is 24.3 Å². The van der Waals surface area contributed by atoms with Gasteiger partial charge < -0.3 is 20.2 Å². The van der Waals surface area contributed by atoms with Gasteiger partial charge in [-0.3, -0.25) is 9.78 Å². The highest BCUT2D eigenvalue weighted by molar-refractivity contribution is 5.81. The smallest absolute Gasteiger partial charge is 0.432 e. The number of nitrogens with zero attached hydrogens (tertiary/aromatic N) is 2. The number of nitrogens with two attached hydrogens (primary N) is 1. The van der Waals surface area contributed by atoms with E-state index in [4.69, 9.17) is 15.2 Å². The number of hydrogen-bond acceptors (Lipinski definition) is 5. The fraction of sp³-hybridized carbons (Fsp3) is 0.375. The Morgan fingerprint density at radius 1 is 1.09 bits per heavy atom. The second-order valence-corrected chi connectivity index (χ2v) is 8.49. The van der Waals surface area contributed by atoms with Crippen molar-refractivity contribution in [3.05, 3.63) is 54.5 Å². The normalized spacial score (nSPS) is 20.8. The third kappa shape index (κ3) is 5.06. The van der Waals surface area contributed by atoms with Gasteiger partial charge in [-0.05, 0) is 62.1 Å². The summed E-state index contributed by atoms with van der Waals surface area (Å²) in [5.41, 5.74) is 6.04. The van der Waals surface area contributed by atoms with Crippen LogP contribution in [0.1, 0.15) is 31.4 Å². The Morgan fingerprint density at radius 3 is 2.29 bits per heavy atom. The number of aromatic amines is 1. The van der Waals surface area contributed by atoms with Crippen LogP contribution in [0.2, 0.25) is 0 Å². The Labute approximate surface area is 194 Å². The maximum atomic E-state index is 12.8. The Kier molecular flexibility index (Phi) is 6.60. The predicted molar refractivity (Wildman–Crippen MR) is 119 cm³/mol. The zero-order valence-electron chi connectivity index (χ0n) is 18.6. The molecular weight excluding hydrogens is 449 g/mol. The number of methoxy groups -OCH3 is 1. The number of carbonyl (C=O) groups excluding carboxylic acids is 1. The lowest BCUT2D eigenvalue weighted by Crippen LogP contribution is -2.45. The number of alkyl halides is 3. The van der Waals surface area contributed by atoms with E-state index < -0.39 is 17.3 Å². The van der Waals surface area contributed by atoms with Crippen molar-refractivity contribution in [1.29, 1.82) is 0 Å². The number of amides is 1. The molecule has 0 atom stereocenters. The molecule has 1 fully saturated rings. The van der Waals surface area contributed by atoms with E-state index in [0.717, 1.165) is 11.8 Å². The molecular formula is C24H25F3N4O3. The van der Waals surface area contributed by atoms with Crippen LogP contribution in [0.15, 0.2) is 48.8 Å². The number of imidazole rings is 1. The minimum absolute atomic E-state index is 0.0116. The minimum Gasteiger partial charge on any atom is -0.490 e. The number of nitrogens with one attached hydrogen (secondary N) is 1. The molecule has 3 N–H and O–H groups in total. The van der Waals surface area contributed by atoms with Crippen molar-refractivity contribution >= 4 is 5.91 Å². The van der Waals surface area contributed by atoms with E-state index in [0.29, 0.717) is 49.3 Å². The highest BCUT2D eigenvalue weighted by Crippen LogP contribution is 2.38. The lowest BCUT2D eigenvalue weighted by atomic mass is 9.73. The lowest BCUT2D eigenvalue weighted by molar-refractivity contribution is -0.140. The Bertz CT molecular complexity index is 1120. The van der Waals surface area contributed by atoms with Crippen molar-refractivity contribution in [2.24, 2.45) is 11.1 Å². The van der Waals surface area contributed by atoms with Crippen molar-refractivity contribution in [2.45, 2.75) is 38.0 Å². The minimum atomic E-state index is -4.48. The number of ether oxygens (including phenoxy) is 2. The van der Waals surface area contributed by atoms with Crippen LogP contribution in [0.5, 0.6) is 5.75 Å². The average molecular weight is 474 g/mol. The SMILES string of the molecule is COCC1(C(N)=O)CCC(Oc2ccc(-c3ccc(-c4ncc(C(F)(F)F)[nH]4)cn3)cc2)CC1. The van der Waals surface area contributed by atoms with Gasteiger partial charge in [-0.15, -0.1) is 0 Å². The first-order valence-electron chi connectivity index (χ1n) is 10.8. The van der Waals surface area contributed by atoms with Crippen LogP contribution >= 0.6 is 0 Å². The van der Waals surface area contributed by atoms with Gasteiger partial charge in [0, 0.05) is 24.4 Å². The molecule has 4 rings (SSSR count). The first-order chi connectivity index (χ1) is 16.2. The molecule has 0 spiro atoms. The molecule has 0 aliphatic heterocycles. The molecule has 0 saturated heterocycles. The average Bonchev–Trinajstić information content (AvgIpc) is 3.32. The van der Waals surface area contributed by atoms with Gasteiger partial charge in [-0.25, -0.2) is 4.98 Å². The van der Waals surface area contributed by atoms with Crippen LogP contribution in [0.3, 0.4) is 0 Å². The molecule has 180 valence electrons. The number of rotatable bonds is 7. The summed E-state index contributed by atoms with van der Waals surface area (Å²) in [4.78, 5) is 22.3. The summed E-state index contributed by atoms with van der Waals surface area (Å²) >= 11 is 0. The highest BCUT2D eigenvalue weighted by atomic mass is 19.4. The van der Waals surface area contributed by atoms with E-state index in [2.05, 4.69) is 15.0 Å². The second kappa shape index (κ2) is 9.46. The predicted octanol–water partition coefficient (Wildman–Crippen LogP) is 4.60. The number of H-pyrrole nitrogens is 1. The van der Waals surface area contributed by atoms with E-state index in [1.165, 1.54) is 6.20 Å². The Balaban J connectivity index is 1.38. The summed E-state index contributed by atoms with van der Waals surface area (Å²) in [6.07, 6.45) is 0.410. The van der Waals surface area contributed by atoms with Crippen LogP contribution < -0.4 is 10.5 Å². The molecule has 34 heavy (non-hydrogen) atoms. The van der Waals surface area contributed by atoms with Gasteiger partial charge >= 0.3 is 6.18 Å². The zero-order valence-corrected chi connectivity index (χ0v) is 18.6. The molecule has 2 heterocycles. The van der Waals surface area contributed by atoms with Gasteiger partial charge in [0.05, 0.1) is 30.0 Å². The molecule has 1 aliphatic carbocycles. The quantitative estimate of drug-likeness (QED) is 0.521. The molecule has 10 heteroatoms. The number of carbonyl (C=O) groups is 1. The fourth-order valence-corrected chi connectivity index (χ4v) is 4.21. The van der Waals surface area contributed by atoms with Gasteiger partial charge in [0.25, 0.3) is 0 Å². The number of benzene rings is 1. The maximum absolute atomic E-state index is 12.8. The van der Waals surface area contributed by atoms with Crippen molar-refractivity contribution in [1.82, 2.24) is 15.0 Å². The number of aromatic nitrogens is 3. The van der Waals surface area contributed by atoms with Gasteiger partial charge in [0.15, 0.2) is 0 Å². The zero-order chi connectivity index (χ0) is 24.3. The van der Waals surface area contributed by atoms with E-state index in [-0.39, 0.29) is 17.8 Å². The third-order valence-corrected chi connectivity index (χ3v) is 6.20. The second-order valence-electron chi connectivity index (χ2n) is 8.49. The summed E-state index contributed by atoms with van der Waals surface area (Å²) in [6, 6.07) is 10.8. The lowest BCUT2D eigenvalue weighted by Gasteiger charge is -2.37. The molecule has 7 nitrogen and oxygen atoms in total. The van der Waals surface area contributed by atoms with Crippen LogP contribution in [0, 0.1) is 5.41 Å². The van der Waals surface area contributed by atoms with Crippen LogP contribution in [0.4, 0.5) is 13.2 Å². The molecule has 3 aromatic rings. The molecule has 0 unspecified atom stereocenters. The molecule has 1 aromatic carbocycles. The first kappa shape index (κ1) is 23.7. The van der Waals surface area contributed by atoms with Crippen molar-refractivity contribution < 1.29 is 27.4 Å². The first-order valence-corrected chi connectivity index (χ1v) is 10.8. The monoisotopic (exact) mass is 474 g/mol. The van der Waals surface area contributed by atoms with Gasteiger partial charge in [0.2, 0.25) is 5.91 Å². The van der Waals surface area contributed by atoms with Gasteiger partial charge in [-0.2, -0.15) is 13.2 Å². The third-order valence-electron chi connectivity index (χ3n) is 6.20. The van der Waals surface area contributed by atoms with E-state index >= 15 is 0 Å². The van der Waals surface area contributed by atoms with Crippen LogP contribution in [-0.4, -0.2) is 40.7 Å². The fourth-order valence-electron chi connectivity index (χ4n) is 4.21. The number of primary amides is 1. The highest BCUT2D eigenvalue weighted by Gasteiger charge is 2.41. The summed E-state index contributed by atoms with van der Waals surface area (Å²) in [5.74, 6) is 0.482. The van der Waals surface area contributed by atoms with Crippen molar-refractivity contribution in [3.63, 3.8) is 0 Å². The van der Waals surface area contributed by atoms with Crippen molar-refractivity contribution in [3.8, 4) is 28.4 Å². The molecule has 0 radical (unpaired) electrons. The van der Waals surface area contributed by atoms with Crippen LogP contribution in [0.25, 0.3) is 22.6 Å². The number of pyridine rings is 1. The number of hydrogen-bond donors (Lipinski definition) is 2. The standard InChI is InChI=1S/C24H25F3N4O3/c1-33-14-23(22(28)32)10-8-18(9-11-23)34-17-5-2-15(3-6-17)19-7-4-16(12-29-19)21-30-13-20(31-21)24(25,26)27/h2-7,12-13,18H,8-11,14H2,1H3,(H2,28,32)(H,30,31). The molecule has 1 amide bonds. The summed E-state index contributed by atoms with van der Waals surface area (Å²) in [7, 11) is 1.57. The van der Waals surface area contributed by atoms with Crippen molar-refractivity contribution in [2.75, 3.05) is 13.7 Å². The summed E-state index contributed by atoms with van der Waals surface area (Å²) < 4.78 is 49.6. The largest absolute Gasteiger partial charge is 0.490 e. The molecule has 1 saturated carbocycles. The Morgan fingerprint density at radius 2 is 1.76 bits per heavy atom. The van der Waals surface area contributed by atoms with E-state index in [1.54, 1.807) is 19.2 Å². The van der Waals surface area contributed by atoms with Crippen LogP contribution in [-0.2, 0) is 15.7 Å². The summed E-state index contributed by atoms with van der Waals surface area (Å²) in [5, 5.41) is 0. The maximum Gasteiger partial charge on any atom is 0.432 e. The molecule has 0 bridgehead atoms. The number of halogens is 3. The summed E-state index contributed by atoms with van der Waals surface area (Å²) in [6.45, 7) is 0.318. The van der Waals surface area contributed by atoms with Gasteiger partial charge in [0.1, 0.15) is 17.3 Å². The molecule has 1 aliphatic rings. The van der Waals surface area contributed by atoms with E-state index in [9.17, 15) is 18.0 Å². The van der Waals surface area contributed by atoms with Gasteiger partial charge in [-0.1, -0.05) is 0 Å².